The third-order valence-corrected chi connectivity index (χ3v) is 7.99. The quantitative estimate of drug-likeness (QED) is 0.526. The number of piperazine rings is 1. The number of carbonyl (C=O) groups is 1. The van der Waals surface area contributed by atoms with Gasteiger partial charge in [-0.15, -0.1) is 36.6 Å². The van der Waals surface area contributed by atoms with Crippen LogP contribution in [0.5, 0.6) is 11.5 Å². The molecule has 0 radical (unpaired) electrons. The molecule has 1 saturated heterocycles. The van der Waals surface area contributed by atoms with Crippen molar-refractivity contribution in [2.45, 2.75) is 28.6 Å². The topological polar surface area (TPSA) is 71.5 Å². The van der Waals surface area contributed by atoms with Gasteiger partial charge in [0.05, 0.1) is 19.1 Å². The van der Waals surface area contributed by atoms with Crippen LogP contribution in [0.15, 0.2) is 53.4 Å². The molecule has 10 heteroatoms. The summed E-state index contributed by atoms with van der Waals surface area (Å²) < 4.78 is 15.2. The van der Waals surface area contributed by atoms with Crippen LogP contribution >= 0.6 is 36.6 Å². The Balaban J connectivity index is 0.00000216. The molecule has 194 valence electrons. The molecule has 2 aromatic rings. The minimum absolute atomic E-state index is 0. The van der Waals surface area contributed by atoms with E-state index in [1.165, 1.54) is 24.6 Å². The van der Waals surface area contributed by atoms with E-state index in [9.17, 15) is 9.90 Å². The number of hydrogen-bond acceptors (Lipinski definition) is 8. The smallest absolute Gasteiger partial charge is 0.325 e. The van der Waals surface area contributed by atoms with Crippen LogP contribution in [0.3, 0.4) is 0 Å². The van der Waals surface area contributed by atoms with Crippen molar-refractivity contribution in [2.24, 2.45) is 0 Å². The number of ether oxygens (including phenoxy) is 3. The van der Waals surface area contributed by atoms with Crippen LogP contribution in [0.2, 0.25) is 0 Å². The number of benzene rings is 2. The van der Waals surface area contributed by atoms with Crippen molar-refractivity contribution in [2.75, 3.05) is 58.5 Å². The molecule has 2 aliphatic heterocycles. The van der Waals surface area contributed by atoms with E-state index in [-0.39, 0.29) is 31.4 Å². The lowest BCUT2D eigenvalue weighted by Gasteiger charge is -2.37. The molecule has 1 N–H and O–H groups in total. The highest BCUT2D eigenvalue weighted by atomic mass is 35.5. The molecule has 0 aromatic heterocycles. The van der Waals surface area contributed by atoms with Crippen molar-refractivity contribution in [3.63, 3.8) is 0 Å². The van der Waals surface area contributed by atoms with Crippen molar-refractivity contribution in [3.8, 4) is 11.5 Å². The predicted molar refractivity (Wildman–Crippen MR) is 144 cm³/mol. The molecule has 0 unspecified atom stereocenters. The van der Waals surface area contributed by atoms with Gasteiger partial charge in [-0.05, 0) is 43.7 Å². The first-order valence-electron chi connectivity index (χ1n) is 11.3. The number of esters is 1. The van der Waals surface area contributed by atoms with Gasteiger partial charge in [0.25, 0.3) is 0 Å². The monoisotopic (exact) mass is 544 g/mol. The second kappa shape index (κ2) is 13.5. The maximum Gasteiger partial charge on any atom is 0.325 e. The Labute approximate surface area is 223 Å². The van der Waals surface area contributed by atoms with Gasteiger partial charge in [-0.2, -0.15) is 0 Å². The van der Waals surface area contributed by atoms with Crippen LogP contribution < -0.4 is 14.4 Å². The highest BCUT2D eigenvalue weighted by Gasteiger charge is 2.49. The summed E-state index contributed by atoms with van der Waals surface area (Å²) in [5.41, 5.74) is 1.26. The standard InChI is InChI=1S/C25H32N2O5S.2ClH/c1-30-20-9-10-22-21(17-20)32-18-23(28)25(33-22,24(29)31-2)11-6-12-26-13-15-27(16-14-26)19-7-4-3-5-8-19;;/h3-5,7-10,17,23,28H,6,11-16,18H2,1-2H3;2*1H/t23-,25-;;/m0../s1. The number of halogens is 2. The first-order chi connectivity index (χ1) is 16.1. The second-order valence-corrected chi connectivity index (χ2v) is 9.76. The molecule has 0 bridgehead atoms. The maximum absolute atomic E-state index is 13.0. The third kappa shape index (κ3) is 6.68. The normalized spacial score (nSPS) is 21.9. The number of methoxy groups -OCH3 is 2. The summed E-state index contributed by atoms with van der Waals surface area (Å²) in [6.45, 7) is 4.80. The van der Waals surface area contributed by atoms with E-state index in [4.69, 9.17) is 14.2 Å². The largest absolute Gasteiger partial charge is 0.497 e. The summed E-state index contributed by atoms with van der Waals surface area (Å²) in [6, 6.07) is 16.0. The molecular formula is C25H34Cl2N2O5S. The average Bonchev–Trinajstić information content (AvgIpc) is 3.01. The van der Waals surface area contributed by atoms with E-state index in [1.54, 1.807) is 13.2 Å². The van der Waals surface area contributed by atoms with Gasteiger partial charge in [-0.25, -0.2) is 0 Å². The molecule has 2 atom stereocenters. The Morgan fingerprint density at radius 3 is 2.49 bits per heavy atom. The van der Waals surface area contributed by atoms with Crippen molar-refractivity contribution in [1.82, 2.24) is 4.90 Å². The summed E-state index contributed by atoms with van der Waals surface area (Å²) >= 11 is 1.34. The van der Waals surface area contributed by atoms with Crippen LogP contribution in [0.4, 0.5) is 5.69 Å². The summed E-state index contributed by atoms with van der Waals surface area (Å²) in [4.78, 5) is 18.6. The van der Waals surface area contributed by atoms with E-state index in [0.29, 0.717) is 17.9 Å². The van der Waals surface area contributed by atoms with Gasteiger partial charge in [-0.1, -0.05) is 18.2 Å². The van der Waals surface area contributed by atoms with Gasteiger partial charge < -0.3 is 24.2 Å². The van der Waals surface area contributed by atoms with Gasteiger partial charge >= 0.3 is 5.97 Å². The average molecular weight is 546 g/mol. The minimum Gasteiger partial charge on any atom is -0.497 e. The third-order valence-electron chi connectivity index (χ3n) is 6.43. The van der Waals surface area contributed by atoms with Gasteiger partial charge in [0, 0.05) is 37.9 Å². The lowest BCUT2D eigenvalue weighted by atomic mass is 9.95. The van der Waals surface area contributed by atoms with Crippen LogP contribution in [0, 0.1) is 0 Å². The fourth-order valence-electron chi connectivity index (χ4n) is 4.48. The van der Waals surface area contributed by atoms with Gasteiger partial charge in [0.15, 0.2) is 0 Å². The molecule has 4 rings (SSSR count). The van der Waals surface area contributed by atoms with E-state index in [1.807, 2.05) is 18.2 Å². The van der Waals surface area contributed by atoms with Crippen LogP contribution in [-0.2, 0) is 9.53 Å². The molecule has 35 heavy (non-hydrogen) atoms. The minimum atomic E-state index is -1.11. The van der Waals surface area contributed by atoms with E-state index >= 15 is 0 Å². The number of rotatable bonds is 7. The molecule has 2 aliphatic rings. The Kier molecular flexibility index (Phi) is 11.3. The highest BCUT2D eigenvalue weighted by Crippen LogP contribution is 2.47. The van der Waals surface area contributed by atoms with Crippen LogP contribution in [0.25, 0.3) is 0 Å². The number of carbonyl (C=O) groups excluding carboxylic acids is 1. The number of aliphatic hydroxyl groups excluding tert-OH is 1. The lowest BCUT2D eigenvalue weighted by Crippen LogP contribution is -2.50. The molecule has 7 nitrogen and oxygen atoms in total. The fraction of sp³-hybridized carbons (Fsp3) is 0.480. The van der Waals surface area contributed by atoms with E-state index < -0.39 is 16.8 Å². The van der Waals surface area contributed by atoms with Gasteiger partial charge in [-0.3, -0.25) is 9.69 Å². The Hall–Kier alpha value is -1.84. The predicted octanol–water partition coefficient (Wildman–Crippen LogP) is 3.90. The van der Waals surface area contributed by atoms with Crippen molar-refractivity contribution >= 4 is 48.2 Å². The Morgan fingerprint density at radius 1 is 1.11 bits per heavy atom. The number of para-hydroxylation sites is 1. The number of anilines is 1. The van der Waals surface area contributed by atoms with E-state index in [2.05, 4.69) is 34.1 Å². The molecule has 2 aromatic carbocycles. The number of nitrogens with zero attached hydrogens (tertiary/aromatic N) is 2. The molecule has 2 heterocycles. The zero-order chi connectivity index (χ0) is 23.3. The number of thioether (sulfide) groups is 1. The SMILES string of the molecule is COC(=O)[C@@]1(CCCN2CCN(c3ccccc3)CC2)Sc2ccc(OC)cc2OC[C@@H]1O.Cl.Cl. The number of fused-ring (bicyclic) bond motifs is 1. The van der Waals surface area contributed by atoms with Crippen molar-refractivity contribution in [3.05, 3.63) is 48.5 Å². The Bertz CT molecular complexity index is 947. The van der Waals surface area contributed by atoms with Gasteiger partial charge in [0.2, 0.25) is 0 Å². The molecular weight excluding hydrogens is 511 g/mol. The molecule has 0 spiro atoms. The fourth-order valence-corrected chi connectivity index (χ4v) is 5.85. The second-order valence-electron chi connectivity index (χ2n) is 8.39. The summed E-state index contributed by atoms with van der Waals surface area (Å²) in [5.74, 6) is 0.867. The lowest BCUT2D eigenvalue weighted by molar-refractivity contribution is -0.147. The molecule has 0 amide bonds. The molecule has 0 aliphatic carbocycles. The first-order valence-corrected chi connectivity index (χ1v) is 12.2. The molecule has 1 fully saturated rings. The van der Waals surface area contributed by atoms with Crippen LogP contribution in [0.1, 0.15) is 12.8 Å². The first kappa shape index (κ1) is 29.4. The van der Waals surface area contributed by atoms with Crippen molar-refractivity contribution < 1.29 is 24.1 Å². The molecule has 0 saturated carbocycles. The summed E-state index contributed by atoms with van der Waals surface area (Å²) in [7, 11) is 2.97. The Morgan fingerprint density at radius 2 is 1.83 bits per heavy atom. The zero-order valence-corrected chi connectivity index (χ0v) is 22.5. The highest BCUT2D eigenvalue weighted by molar-refractivity contribution is 8.01. The number of aliphatic hydroxyl groups is 1. The zero-order valence-electron chi connectivity index (χ0n) is 20.1. The summed E-state index contributed by atoms with van der Waals surface area (Å²) in [6.07, 6.45) is 0.290. The van der Waals surface area contributed by atoms with Crippen molar-refractivity contribution in [1.29, 1.82) is 0 Å². The number of hydrogen-bond donors (Lipinski definition) is 1. The summed E-state index contributed by atoms with van der Waals surface area (Å²) in [5, 5.41) is 11.0. The van der Waals surface area contributed by atoms with Crippen LogP contribution in [-0.4, -0.2) is 80.4 Å². The maximum atomic E-state index is 13.0. The van der Waals surface area contributed by atoms with Gasteiger partial charge in [0.1, 0.15) is 29.0 Å². The van der Waals surface area contributed by atoms with E-state index in [0.717, 1.165) is 44.0 Å².